The molecule has 0 aliphatic heterocycles. The molecule has 0 amide bonds. The van der Waals surface area contributed by atoms with Crippen LogP contribution in [0.5, 0.6) is 11.5 Å². The summed E-state index contributed by atoms with van der Waals surface area (Å²) in [7, 11) is 0. The Morgan fingerprint density at radius 1 is 1.10 bits per heavy atom. The second-order valence-electron chi connectivity index (χ2n) is 4.17. The maximum absolute atomic E-state index is 13.0. The average molecular weight is 278 g/mol. The van der Waals surface area contributed by atoms with Crippen LogP contribution in [0.1, 0.15) is 11.1 Å². The molecule has 3 N–H and O–H groups in total. The van der Waals surface area contributed by atoms with Crippen molar-refractivity contribution in [2.45, 2.75) is 6.92 Å². The zero-order valence-electron chi connectivity index (χ0n) is 10.6. The molecule has 0 radical (unpaired) electrons. The Morgan fingerprint density at radius 2 is 1.75 bits per heavy atom. The molecule has 0 unspecified atom stereocenters. The van der Waals surface area contributed by atoms with Gasteiger partial charge in [-0.3, -0.25) is 0 Å². The van der Waals surface area contributed by atoms with E-state index in [1.807, 2.05) is 0 Å². The number of amidine groups is 1. The molecule has 0 spiro atoms. The summed E-state index contributed by atoms with van der Waals surface area (Å²) in [5.74, 6) is -1.01. The molecule has 0 aliphatic rings. The summed E-state index contributed by atoms with van der Waals surface area (Å²) in [5.41, 5.74) is 6.75. The third-order valence-electron chi connectivity index (χ3n) is 2.65. The predicted octanol–water partition coefficient (Wildman–Crippen LogP) is 3.16. The van der Waals surface area contributed by atoms with E-state index < -0.39 is 11.6 Å². The summed E-state index contributed by atoms with van der Waals surface area (Å²) in [5, 5.41) is 11.5. The lowest BCUT2D eigenvalue weighted by Crippen LogP contribution is -2.14. The summed E-state index contributed by atoms with van der Waals surface area (Å²) in [6.45, 7) is 1.74. The maximum Gasteiger partial charge on any atom is 0.170 e. The van der Waals surface area contributed by atoms with Crippen LogP contribution in [0.4, 0.5) is 8.78 Å². The minimum Gasteiger partial charge on any atom is -0.457 e. The minimum atomic E-state index is -0.718. The third kappa shape index (κ3) is 3.03. The molecule has 104 valence electrons. The molecule has 2 aromatic rings. The quantitative estimate of drug-likeness (QED) is 0.392. The van der Waals surface area contributed by atoms with Gasteiger partial charge in [0, 0.05) is 23.8 Å². The largest absolute Gasteiger partial charge is 0.457 e. The van der Waals surface area contributed by atoms with E-state index in [2.05, 4.69) is 5.16 Å². The Balaban J connectivity index is 2.28. The molecule has 0 saturated heterocycles. The fourth-order valence-electron chi connectivity index (χ4n) is 1.76. The molecule has 0 fully saturated rings. The fraction of sp³-hybridized carbons (Fsp3) is 0.0714. The Kier molecular flexibility index (Phi) is 3.84. The lowest BCUT2D eigenvalue weighted by atomic mass is 10.1. The average Bonchev–Trinajstić information content (AvgIpc) is 2.36. The van der Waals surface area contributed by atoms with Gasteiger partial charge in [-0.25, -0.2) is 8.78 Å². The molecule has 0 bridgehead atoms. The highest BCUT2D eigenvalue weighted by atomic mass is 19.1. The first-order valence-electron chi connectivity index (χ1n) is 5.72. The van der Waals surface area contributed by atoms with Crippen molar-refractivity contribution in [2.75, 3.05) is 0 Å². The monoisotopic (exact) mass is 278 g/mol. The number of oxime groups is 1. The number of hydrogen-bond acceptors (Lipinski definition) is 3. The van der Waals surface area contributed by atoms with Gasteiger partial charge >= 0.3 is 0 Å². The molecule has 2 aromatic carbocycles. The number of ether oxygens (including phenoxy) is 1. The lowest BCUT2D eigenvalue weighted by molar-refractivity contribution is 0.318. The van der Waals surface area contributed by atoms with Crippen molar-refractivity contribution in [3.05, 3.63) is 59.2 Å². The molecule has 6 heteroatoms. The predicted molar refractivity (Wildman–Crippen MR) is 70.1 cm³/mol. The first-order chi connectivity index (χ1) is 9.49. The molecular weight excluding hydrogens is 266 g/mol. The first-order valence-corrected chi connectivity index (χ1v) is 5.72. The van der Waals surface area contributed by atoms with E-state index in [4.69, 9.17) is 15.7 Å². The van der Waals surface area contributed by atoms with Crippen LogP contribution in [0.3, 0.4) is 0 Å². The van der Waals surface area contributed by atoms with Crippen LogP contribution in [0.25, 0.3) is 0 Å². The second kappa shape index (κ2) is 5.56. The van der Waals surface area contributed by atoms with Crippen LogP contribution < -0.4 is 10.5 Å². The minimum absolute atomic E-state index is 0.0224. The molecule has 4 nitrogen and oxygen atoms in total. The van der Waals surface area contributed by atoms with Crippen molar-refractivity contribution < 1.29 is 18.7 Å². The Labute approximate surface area is 114 Å². The summed E-state index contributed by atoms with van der Waals surface area (Å²) >= 11 is 0. The standard InChI is InChI=1S/C14H12F2N2O2/c1-8-4-11(2-3-13(8)14(17)18-19)20-12-6-9(15)5-10(16)7-12/h2-7,19H,1H3,(H2,17,18). The highest BCUT2D eigenvalue weighted by Crippen LogP contribution is 2.25. The Morgan fingerprint density at radius 3 is 2.30 bits per heavy atom. The molecule has 0 atom stereocenters. The van der Waals surface area contributed by atoms with E-state index in [9.17, 15) is 8.78 Å². The molecule has 0 aliphatic carbocycles. The van der Waals surface area contributed by atoms with Crippen LogP contribution >= 0.6 is 0 Å². The van der Waals surface area contributed by atoms with Crippen molar-refractivity contribution in [3.8, 4) is 11.5 Å². The van der Waals surface area contributed by atoms with Gasteiger partial charge in [-0.1, -0.05) is 5.16 Å². The highest BCUT2D eigenvalue weighted by molar-refractivity contribution is 5.98. The molecule has 20 heavy (non-hydrogen) atoms. The molecule has 0 saturated carbocycles. The van der Waals surface area contributed by atoms with Crippen LogP contribution in [-0.2, 0) is 0 Å². The van der Waals surface area contributed by atoms with Crippen molar-refractivity contribution in [3.63, 3.8) is 0 Å². The van der Waals surface area contributed by atoms with Gasteiger partial charge in [0.25, 0.3) is 0 Å². The van der Waals surface area contributed by atoms with Gasteiger partial charge in [0.1, 0.15) is 23.1 Å². The smallest absolute Gasteiger partial charge is 0.170 e. The molecule has 2 rings (SSSR count). The van der Waals surface area contributed by atoms with Gasteiger partial charge in [0.15, 0.2) is 5.84 Å². The van der Waals surface area contributed by atoms with Crippen molar-refractivity contribution in [2.24, 2.45) is 10.9 Å². The maximum atomic E-state index is 13.0. The lowest BCUT2D eigenvalue weighted by Gasteiger charge is -2.09. The highest BCUT2D eigenvalue weighted by Gasteiger charge is 2.07. The Bertz CT molecular complexity index is 652. The van der Waals surface area contributed by atoms with E-state index >= 15 is 0 Å². The summed E-state index contributed by atoms with van der Waals surface area (Å²) in [4.78, 5) is 0. The number of nitrogens with zero attached hydrogens (tertiary/aromatic N) is 1. The number of aryl methyl sites for hydroxylation is 1. The molecule has 0 heterocycles. The van der Waals surface area contributed by atoms with E-state index in [-0.39, 0.29) is 11.6 Å². The number of benzene rings is 2. The van der Waals surface area contributed by atoms with Gasteiger partial charge in [-0.2, -0.15) is 0 Å². The van der Waals surface area contributed by atoms with Crippen LogP contribution in [0, 0.1) is 18.6 Å². The van der Waals surface area contributed by atoms with E-state index in [1.54, 1.807) is 25.1 Å². The van der Waals surface area contributed by atoms with Crippen molar-refractivity contribution in [1.29, 1.82) is 0 Å². The van der Waals surface area contributed by atoms with E-state index in [1.165, 1.54) is 0 Å². The van der Waals surface area contributed by atoms with Crippen LogP contribution in [-0.4, -0.2) is 11.0 Å². The van der Waals surface area contributed by atoms with Gasteiger partial charge in [-0.15, -0.1) is 0 Å². The van der Waals surface area contributed by atoms with E-state index in [0.29, 0.717) is 16.9 Å². The number of hydrogen-bond donors (Lipinski definition) is 2. The topological polar surface area (TPSA) is 67.8 Å². The van der Waals surface area contributed by atoms with Crippen LogP contribution in [0.2, 0.25) is 0 Å². The summed E-state index contributed by atoms with van der Waals surface area (Å²) < 4.78 is 31.5. The molecular formula is C14H12F2N2O2. The summed E-state index contributed by atoms with van der Waals surface area (Å²) in [6.07, 6.45) is 0. The third-order valence-corrected chi connectivity index (χ3v) is 2.65. The van der Waals surface area contributed by atoms with Gasteiger partial charge in [-0.05, 0) is 30.7 Å². The van der Waals surface area contributed by atoms with Crippen molar-refractivity contribution >= 4 is 5.84 Å². The Hall–Kier alpha value is -2.63. The second-order valence-corrected chi connectivity index (χ2v) is 4.17. The fourth-order valence-corrected chi connectivity index (χ4v) is 1.76. The van der Waals surface area contributed by atoms with Gasteiger partial charge in [0.2, 0.25) is 0 Å². The zero-order valence-corrected chi connectivity index (χ0v) is 10.6. The van der Waals surface area contributed by atoms with Gasteiger partial charge in [0.05, 0.1) is 0 Å². The zero-order chi connectivity index (χ0) is 14.7. The number of rotatable bonds is 3. The SMILES string of the molecule is Cc1cc(Oc2cc(F)cc(F)c2)ccc1/C(N)=N/O. The normalized spacial score (nSPS) is 11.4. The van der Waals surface area contributed by atoms with Crippen molar-refractivity contribution in [1.82, 2.24) is 0 Å². The summed E-state index contributed by atoms with van der Waals surface area (Å²) in [6, 6.07) is 7.69. The molecule has 0 aromatic heterocycles. The number of halogens is 2. The van der Waals surface area contributed by atoms with E-state index in [0.717, 1.165) is 18.2 Å². The van der Waals surface area contributed by atoms with Crippen LogP contribution in [0.15, 0.2) is 41.6 Å². The van der Waals surface area contributed by atoms with Gasteiger partial charge < -0.3 is 15.7 Å². The first kappa shape index (κ1) is 13.8. The number of nitrogens with two attached hydrogens (primary N) is 1.